The van der Waals surface area contributed by atoms with Crippen molar-refractivity contribution >= 4 is 50.4 Å². The molecule has 1 aliphatic heterocycles. The fourth-order valence-electron chi connectivity index (χ4n) is 5.20. The highest BCUT2D eigenvalue weighted by atomic mass is 32.2. The summed E-state index contributed by atoms with van der Waals surface area (Å²) in [4.78, 5) is 33.9. The summed E-state index contributed by atoms with van der Waals surface area (Å²) in [6, 6.07) is 14.9. The van der Waals surface area contributed by atoms with E-state index in [0.717, 1.165) is 33.9 Å². The van der Waals surface area contributed by atoms with Crippen LogP contribution in [0.4, 0.5) is 31.9 Å². The molecule has 0 atom stereocenters. The van der Waals surface area contributed by atoms with Gasteiger partial charge < -0.3 is 15.1 Å². The number of amides is 1. The number of aromatic nitrogens is 4. The van der Waals surface area contributed by atoms with Gasteiger partial charge in [0.05, 0.1) is 33.2 Å². The third-order valence-corrected chi connectivity index (χ3v) is 10.5. The normalized spacial score (nSPS) is 13.5. The molecular weight excluding hydrogens is 659 g/mol. The smallest absolute Gasteiger partial charge is 0.267 e. The Kier molecular flexibility index (Phi) is 9.33. The number of hydrogen-bond donors (Lipinski definition) is 2. The van der Waals surface area contributed by atoms with Crippen molar-refractivity contribution < 1.29 is 22.0 Å². The number of sulfonamides is 1. The molecule has 1 amide bonds. The molecule has 11 nitrogen and oxygen atoms in total. The van der Waals surface area contributed by atoms with E-state index >= 15 is 0 Å². The van der Waals surface area contributed by atoms with Gasteiger partial charge in [-0.2, -0.15) is 0 Å². The molecule has 0 saturated carbocycles. The molecule has 2 N–H and O–H groups in total. The van der Waals surface area contributed by atoms with Crippen LogP contribution in [0.15, 0.2) is 78.0 Å². The SMILES string of the molecule is CC(=O)N1CCN(c2ccc(Nc3nccc(-c4sc(C(C)C)nc4-c4cccc(NS(=O)(=O)c5c(F)cccc5F)c4)n3)cn2)CC1. The lowest BCUT2D eigenvalue weighted by Gasteiger charge is -2.34. The molecule has 4 heterocycles. The van der Waals surface area contributed by atoms with Crippen LogP contribution in [-0.4, -0.2) is 65.3 Å². The topological polar surface area (TPSA) is 133 Å². The van der Waals surface area contributed by atoms with Crippen LogP contribution in [-0.2, 0) is 14.8 Å². The van der Waals surface area contributed by atoms with Crippen LogP contribution in [0.3, 0.4) is 0 Å². The first-order valence-corrected chi connectivity index (χ1v) is 17.4. The Morgan fingerprint density at radius 2 is 1.65 bits per heavy atom. The van der Waals surface area contributed by atoms with Crippen LogP contribution in [0.2, 0.25) is 0 Å². The van der Waals surface area contributed by atoms with Crippen LogP contribution in [0.25, 0.3) is 21.8 Å². The lowest BCUT2D eigenvalue weighted by molar-refractivity contribution is -0.129. The molecule has 0 bridgehead atoms. The van der Waals surface area contributed by atoms with Crippen LogP contribution in [0, 0.1) is 11.6 Å². The number of hydrogen-bond acceptors (Lipinski definition) is 10. The second-order valence-electron chi connectivity index (χ2n) is 11.4. The molecule has 1 saturated heterocycles. The van der Waals surface area contributed by atoms with Gasteiger partial charge >= 0.3 is 0 Å². The number of halogens is 2. The summed E-state index contributed by atoms with van der Waals surface area (Å²) < 4.78 is 56.8. The second kappa shape index (κ2) is 13.6. The van der Waals surface area contributed by atoms with Crippen LogP contribution in [0.5, 0.6) is 0 Å². The Labute approximate surface area is 280 Å². The molecular formula is C33H32F2N8O3S2. The van der Waals surface area contributed by atoms with Crippen LogP contribution >= 0.6 is 11.3 Å². The number of pyridine rings is 1. The van der Waals surface area contributed by atoms with Gasteiger partial charge in [0.25, 0.3) is 10.0 Å². The van der Waals surface area contributed by atoms with Crippen molar-refractivity contribution in [3.05, 3.63) is 89.7 Å². The van der Waals surface area contributed by atoms with Gasteiger partial charge in [0.15, 0.2) is 4.90 Å². The van der Waals surface area contributed by atoms with E-state index in [9.17, 15) is 22.0 Å². The zero-order valence-corrected chi connectivity index (χ0v) is 27.9. The fraction of sp³-hybridized carbons (Fsp3) is 0.242. The van der Waals surface area contributed by atoms with Gasteiger partial charge in [-0.1, -0.05) is 32.0 Å². The standard InChI is InChI=1S/C33H32F2N8O3S2/c1-20(2)32-40-29(22-6-4-7-23(18-22)41-48(45,46)31-25(34)8-5-9-26(31)35)30(47-32)27-12-13-36-33(39-27)38-24-10-11-28(37-19-24)43-16-14-42(15-17-43)21(3)44/h4-13,18-20,41H,14-17H2,1-3H3,(H,36,38,39). The highest BCUT2D eigenvalue weighted by molar-refractivity contribution is 7.92. The number of nitrogens with one attached hydrogen (secondary N) is 2. The first-order valence-electron chi connectivity index (χ1n) is 15.1. The minimum Gasteiger partial charge on any atom is -0.353 e. The van der Waals surface area contributed by atoms with E-state index < -0.39 is 26.6 Å². The van der Waals surface area contributed by atoms with E-state index in [1.54, 1.807) is 43.6 Å². The summed E-state index contributed by atoms with van der Waals surface area (Å²) in [6.45, 7) is 8.35. The number of carbonyl (C=O) groups excluding carboxylic acids is 1. The highest BCUT2D eigenvalue weighted by Gasteiger charge is 2.25. The lowest BCUT2D eigenvalue weighted by Crippen LogP contribution is -2.48. The predicted molar refractivity (Wildman–Crippen MR) is 182 cm³/mol. The molecule has 1 fully saturated rings. The van der Waals surface area contributed by atoms with E-state index in [-0.39, 0.29) is 17.5 Å². The Hall–Kier alpha value is -5.02. The molecule has 3 aromatic heterocycles. The number of nitrogens with zero attached hydrogens (tertiary/aromatic N) is 6. The van der Waals surface area contributed by atoms with Gasteiger partial charge in [0.1, 0.15) is 17.5 Å². The molecule has 6 rings (SSSR count). The number of rotatable bonds is 9. The molecule has 5 aromatic rings. The average molecular weight is 691 g/mol. The number of anilines is 4. The zero-order valence-electron chi connectivity index (χ0n) is 26.3. The molecule has 0 aliphatic carbocycles. The largest absolute Gasteiger partial charge is 0.353 e. The quantitative estimate of drug-likeness (QED) is 0.183. The molecule has 0 radical (unpaired) electrons. The van der Waals surface area contributed by atoms with E-state index in [0.29, 0.717) is 54.8 Å². The first kappa shape index (κ1) is 32.9. The highest BCUT2D eigenvalue weighted by Crippen LogP contribution is 2.39. The van der Waals surface area contributed by atoms with Gasteiger partial charge in [-0.25, -0.2) is 37.1 Å². The van der Waals surface area contributed by atoms with Crippen LogP contribution < -0.4 is 14.9 Å². The molecule has 1 aliphatic rings. The first-order chi connectivity index (χ1) is 23.0. The summed E-state index contributed by atoms with van der Waals surface area (Å²) in [5.74, 6) is -1.04. The number of carbonyl (C=O) groups is 1. The van der Waals surface area contributed by atoms with E-state index in [4.69, 9.17) is 9.97 Å². The van der Waals surface area contributed by atoms with Crippen molar-refractivity contribution in [2.75, 3.05) is 41.1 Å². The summed E-state index contributed by atoms with van der Waals surface area (Å²) in [6.07, 6.45) is 3.34. The molecule has 48 heavy (non-hydrogen) atoms. The predicted octanol–water partition coefficient (Wildman–Crippen LogP) is 6.28. The molecule has 0 unspecified atom stereocenters. The van der Waals surface area contributed by atoms with Gasteiger partial charge in [-0.15, -0.1) is 11.3 Å². The monoisotopic (exact) mass is 690 g/mol. The second-order valence-corrected chi connectivity index (χ2v) is 14.1. The maximum atomic E-state index is 14.3. The van der Waals surface area contributed by atoms with E-state index in [2.05, 4.69) is 24.9 Å². The number of thiazole rings is 1. The van der Waals surface area contributed by atoms with Crippen molar-refractivity contribution in [2.45, 2.75) is 31.6 Å². The molecule has 0 spiro atoms. The zero-order chi connectivity index (χ0) is 34.0. The van der Waals surface area contributed by atoms with Gasteiger partial charge in [0, 0.05) is 56.5 Å². The maximum Gasteiger partial charge on any atom is 0.267 e. The number of benzene rings is 2. The minimum atomic E-state index is -4.56. The Balaban J connectivity index is 1.24. The van der Waals surface area contributed by atoms with Crippen molar-refractivity contribution in [3.8, 4) is 21.8 Å². The van der Waals surface area contributed by atoms with E-state index in [1.807, 2.05) is 30.9 Å². The maximum absolute atomic E-state index is 14.3. The van der Waals surface area contributed by atoms with Crippen molar-refractivity contribution in [2.24, 2.45) is 0 Å². The third-order valence-electron chi connectivity index (χ3n) is 7.65. The molecule has 15 heteroatoms. The van der Waals surface area contributed by atoms with Gasteiger partial charge in [-0.3, -0.25) is 9.52 Å². The van der Waals surface area contributed by atoms with Crippen molar-refractivity contribution in [1.82, 2.24) is 24.8 Å². The van der Waals surface area contributed by atoms with Crippen molar-refractivity contribution in [3.63, 3.8) is 0 Å². The molecule has 2 aromatic carbocycles. The van der Waals surface area contributed by atoms with Gasteiger partial charge in [0.2, 0.25) is 11.9 Å². The Morgan fingerprint density at radius 3 is 2.31 bits per heavy atom. The lowest BCUT2D eigenvalue weighted by atomic mass is 10.1. The Bertz CT molecular complexity index is 2050. The van der Waals surface area contributed by atoms with Gasteiger partial charge in [-0.05, 0) is 42.5 Å². The Morgan fingerprint density at radius 1 is 0.917 bits per heavy atom. The van der Waals surface area contributed by atoms with E-state index in [1.165, 1.54) is 17.4 Å². The summed E-state index contributed by atoms with van der Waals surface area (Å²) in [5, 5.41) is 4.05. The summed E-state index contributed by atoms with van der Waals surface area (Å²) in [7, 11) is -4.56. The average Bonchev–Trinajstić information content (AvgIpc) is 3.51. The van der Waals surface area contributed by atoms with Crippen molar-refractivity contribution in [1.29, 1.82) is 0 Å². The molecule has 248 valence electrons. The third kappa shape index (κ3) is 7.11. The summed E-state index contributed by atoms with van der Waals surface area (Å²) >= 11 is 1.46. The fourth-order valence-corrected chi connectivity index (χ4v) is 7.45. The number of piperazine rings is 1. The minimum absolute atomic E-state index is 0.0747. The summed E-state index contributed by atoms with van der Waals surface area (Å²) in [5.41, 5.74) is 2.56. The van der Waals surface area contributed by atoms with Crippen LogP contribution in [0.1, 0.15) is 31.7 Å².